The lowest BCUT2D eigenvalue weighted by molar-refractivity contribution is 0.617. The van der Waals surface area contributed by atoms with Crippen LogP contribution in [0.2, 0.25) is 0 Å². The number of fused-ring (bicyclic) bond motifs is 6. The fraction of sp³-hybridized carbons (Fsp3) is 0.127. The molecular weight excluding hydrogens is 675 g/mol. The monoisotopic (exact) mass is 719 g/mol. The van der Waals surface area contributed by atoms with Gasteiger partial charge in [-0.3, -0.25) is 0 Å². The van der Waals surface area contributed by atoms with E-state index in [9.17, 15) is 0 Å². The van der Waals surface area contributed by atoms with Crippen LogP contribution in [0.1, 0.15) is 54.0 Å². The van der Waals surface area contributed by atoms with E-state index in [1.807, 2.05) is 0 Å². The number of benzene rings is 8. The van der Waals surface area contributed by atoms with E-state index in [-0.39, 0.29) is 5.41 Å². The predicted octanol–water partition coefficient (Wildman–Crippen LogP) is 14.4. The zero-order chi connectivity index (χ0) is 37.6. The SMILES string of the molecule is CC1(C)c2ccccc2-c2ccc(CC(CCc3ccc(-c4ccc5c(c4)c4ccccc4n5-c4ccccc4)cc3)c3ccc(-c4ccccc4)cc3)cc21. The highest BCUT2D eigenvalue weighted by atomic mass is 15.0. The Hall–Kier alpha value is -6.44. The van der Waals surface area contributed by atoms with Crippen molar-refractivity contribution in [2.75, 3.05) is 0 Å². The van der Waals surface area contributed by atoms with E-state index >= 15 is 0 Å². The molecule has 0 radical (unpaired) electrons. The summed E-state index contributed by atoms with van der Waals surface area (Å²) in [4.78, 5) is 0. The zero-order valence-corrected chi connectivity index (χ0v) is 32.1. The Morgan fingerprint density at radius 3 is 1.84 bits per heavy atom. The van der Waals surface area contributed by atoms with E-state index < -0.39 is 0 Å². The lowest BCUT2D eigenvalue weighted by atomic mass is 9.80. The fourth-order valence-corrected chi connectivity index (χ4v) is 9.34. The summed E-state index contributed by atoms with van der Waals surface area (Å²) in [5, 5.41) is 2.56. The molecule has 9 aromatic rings. The number of hydrogen-bond donors (Lipinski definition) is 0. The van der Waals surface area contributed by atoms with E-state index in [0.717, 1.165) is 19.3 Å². The van der Waals surface area contributed by atoms with Gasteiger partial charge in [-0.25, -0.2) is 0 Å². The van der Waals surface area contributed by atoms with Crippen LogP contribution in [0.3, 0.4) is 0 Å². The zero-order valence-electron chi connectivity index (χ0n) is 32.1. The molecule has 56 heavy (non-hydrogen) atoms. The van der Waals surface area contributed by atoms with Crippen molar-refractivity contribution >= 4 is 21.8 Å². The molecule has 1 nitrogen and oxygen atoms in total. The van der Waals surface area contributed by atoms with Crippen LogP contribution in [0.5, 0.6) is 0 Å². The molecule has 1 heterocycles. The Labute approximate surface area is 330 Å². The molecule has 1 atom stereocenters. The van der Waals surface area contributed by atoms with Gasteiger partial charge in [-0.05, 0) is 117 Å². The number of rotatable bonds is 9. The standard InChI is InChI=1S/C55H45N/c1-55(2)51-19-11-9-17-47(51)48-33-24-39(36-52(48)55)35-44(43-30-28-41(29-31-43)40-13-5-3-6-14-40)27-23-38-21-25-42(26-22-38)45-32-34-54-50(37-45)49-18-10-12-20-53(49)56(54)46-15-7-4-8-16-46/h3-22,24-26,28-34,36-37,44H,23,27,35H2,1-2H3. The van der Waals surface area contributed by atoms with E-state index in [4.69, 9.17) is 0 Å². The Morgan fingerprint density at radius 2 is 1.04 bits per heavy atom. The minimum absolute atomic E-state index is 0.00000483. The van der Waals surface area contributed by atoms with E-state index in [1.54, 1.807) is 0 Å². The highest BCUT2D eigenvalue weighted by Gasteiger charge is 2.35. The summed E-state index contributed by atoms with van der Waals surface area (Å²) >= 11 is 0. The van der Waals surface area contributed by atoms with Crippen LogP contribution in [-0.2, 0) is 18.3 Å². The third-order valence-electron chi connectivity index (χ3n) is 12.4. The topological polar surface area (TPSA) is 4.93 Å². The summed E-state index contributed by atoms with van der Waals surface area (Å²) in [6, 6.07) is 72.0. The molecule has 270 valence electrons. The molecule has 8 aromatic carbocycles. The van der Waals surface area contributed by atoms with Gasteiger partial charge in [0.2, 0.25) is 0 Å². The van der Waals surface area contributed by atoms with E-state index in [1.165, 1.54) is 88.7 Å². The molecule has 0 N–H and O–H groups in total. The van der Waals surface area contributed by atoms with Gasteiger partial charge in [0.05, 0.1) is 11.0 Å². The Bertz CT molecular complexity index is 2820. The molecule has 0 saturated heterocycles. The van der Waals surface area contributed by atoms with Gasteiger partial charge in [-0.2, -0.15) is 0 Å². The van der Waals surface area contributed by atoms with Gasteiger partial charge in [-0.1, -0.05) is 178 Å². The molecule has 1 aromatic heterocycles. The minimum Gasteiger partial charge on any atom is -0.309 e. The van der Waals surface area contributed by atoms with Crippen LogP contribution >= 0.6 is 0 Å². The van der Waals surface area contributed by atoms with Gasteiger partial charge in [0.1, 0.15) is 0 Å². The summed E-state index contributed by atoms with van der Waals surface area (Å²) in [7, 11) is 0. The summed E-state index contributed by atoms with van der Waals surface area (Å²) in [6.45, 7) is 4.76. The molecular formula is C55H45N. The van der Waals surface area contributed by atoms with Crippen molar-refractivity contribution in [1.82, 2.24) is 4.57 Å². The highest BCUT2D eigenvalue weighted by Crippen LogP contribution is 2.49. The molecule has 1 unspecified atom stereocenters. The van der Waals surface area contributed by atoms with Crippen molar-refractivity contribution in [1.29, 1.82) is 0 Å². The van der Waals surface area contributed by atoms with Crippen LogP contribution in [-0.4, -0.2) is 4.57 Å². The van der Waals surface area contributed by atoms with Crippen LogP contribution in [0.25, 0.3) is 60.9 Å². The predicted molar refractivity (Wildman–Crippen MR) is 237 cm³/mol. The third-order valence-corrected chi connectivity index (χ3v) is 12.4. The number of aromatic nitrogens is 1. The highest BCUT2D eigenvalue weighted by molar-refractivity contribution is 6.10. The average Bonchev–Trinajstić information content (AvgIpc) is 3.71. The fourth-order valence-electron chi connectivity index (χ4n) is 9.34. The maximum absolute atomic E-state index is 2.50. The molecule has 0 bridgehead atoms. The van der Waals surface area contributed by atoms with Gasteiger partial charge in [0.25, 0.3) is 0 Å². The van der Waals surface area contributed by atoms with Gasteiger partial charge in [0, 0.05) is 21.9 Å². The lowest BCUT2D eigenvalue weighted by Crippen LogP contribution is -2.15. The summed E-state index contributed by atoms with van der Waals surface area (Å²) in [5.74, 6) is 0.397. The summed E-state index contributed by atoms with van der Waals surface area (Å²) in [6.07, 6.45) is 3.12. The van der Waals surface area contributed by atoms with Crippen molar-refractivity contribution in [2.24, 2.45) is 0 Å². The van der Waals surface area contributed by atoms with E-state index in [0.29, 0.717) is 5.92 Å². The molecule has 1 aliphatic carbocycles. The van der Waals surface area contributed by atoms with Crippen LogP contribution < -0.4 is 0 Å². The first kappa shape index (κ1) is 34.1. The van der Waals surface area contributed by atoms with Gasteiger partial charge in [-0.15, -0.1) is 0 Å². The number of hydrogen-bond acceptors (Lipinski definition) is 0. The van der Waals surface area contributed by atoms with Crippen molar-refractivity contribution in [3.05, 3.63) is 222 Å². The normalized spacial score (nSPS) is 13.5. The first-order valence-corrected chi connectivity index (χ1v) is 20.1. The van der Waals surface area contributed by atoms with Gasteiger partial charge < -0.3 is 4.57 Å². The molecule has 1 aliphatic rings. The second-order valence-electron chi connectivity index (χ2n) is 16.1. The molecule has 0 saturated carbocycles. The average molecular weight is 720 g/mol. The lowest BCUT2D eigenvalue weighted by Gasteiger charge is -2.23. The quantitative estimate of drug-likeness (QED) is 0.140. The molecule has 0 spiro atoms. The largest absolute Gasteiger partial charge is 0.309 e. The smallest absolute Gasteiger partial charge is 0.0541 e. The van der Waals surface area contributed by atoms with Crippen molar-refractivity contribution in [3.8, 4) is 39.1 Å². The second-order valence-corrected chi connectivity index (χ2v) is 16.1. The molecule has 10 rings (SSSR count). The van der Waals surface area contributed by atoms with Gasteiger partial charge in [0.15, 0.2) is 0 Å². The number of nitrogens with zero attached hydrogens (tertiary/aromatic N) is 1. The first-order chi connectivity index (χ1) is 27.5. The van der Waals surface area contributed by atoms with Gasteiger partial charge >= 0.3 is 0 Å². The van der Waals surface area contributed by atoms with E-state index in [2.05, 4.69) is 213 Å². The summed E-state index contributed by atoms with van der Waals surface area (Å²) in [5.41, 5.74) is 18.5. The molecule has 0 fully saturated rings. The summed E-state index contributed by atoms with van der Waals surface area (Å²) < 4.78 is 2.38. The second kappa shape index (κ2) is 14.0. The first-order valence-electron chi connectivity index (χ1n) is 20.1. The molecule has 0 aliphatic heterocycles. The van der Waals surface area contributed by atoms with Crippen molar-refractivity contribution in [3.63, 3.8) is 0 Å². The Kier molecular flexibility index (Phi) is 8.52. The number of para-hydroxylation sites is 2. The maximum atomic E-state index is 2.50. The molecule has 1 heteroatoms. The Balaban J connectivity index is 0.930. The van der Waals surface area contributed by atoms with Crippen molar-refractivity contribution < 1.29 is 0 Å². The van der Waals surface area contributed by atoms with Crippen LogP contribution in [0, 0.1) is 0 Å². The Morgan fingerprint density at radius 1 is 0.446 bits per heavy atom. The van der Waals surface area contributed by atoms with Crippen molar-refractivity contribution in [2.45, 2.75) is 44.4 Å². The number of aryl methyl sites for hydroxylation is 1. The van der Waals surface area contributed by atoms with Crippen LogP contribution in [0.15, 0.2) is 194 Å². The third kappa shape index (κ3) is 6.05. The molecule has 0 amide bonds. The minimum atomic E-state index is 0.00000483. The maximum Gasteiger partial charge on any atom is 0.0541 e. The van der Waals surface area contributed by atoms with Crippen LogP contribution in [0.4, 0.5) is 0 Å².